The van der Waals surface area contributed by atoms with Crippen LogP contribution < -0.4 is 14.8 Å². The summed E-state index contributed by atoms with van der Waals surface area (Å²) < 4.78 is 10.7. The summed E-state index contributed by atoms with van der Waals surface area (Å²) in [5.74, 6) is 1.68. The van der Waals surface area contributed by atoms with E-state index in [-0.39, 0.29) is 0 Å². The fourth-order valence-electron chi connectivity index (χ4n) is 1.96. The van der Waals surface area contributed by atoms with Crippen molar-refractivity contribution >= 4 is 11.3 Å². The number of ether oxygens (including phenoxy) is 2. The van der Waals surface area contributed by atoms with Crippen molar-refractivity contribution in [2.75, 3.05) is 6.79 Å². The Morgan fingerprint density at radius 2 is 2.17 bits per heavy atom. The predicted molar refractivity (Wildman–Crippen MR) is 72.1 cm³/mol. The van der Waals surface area contributed by atoms with E-state index in [4.69, 9.17) is 9.47 Å². The summed E-state index contributed by atoms with van der Waals surface area (Å²) in [7, 11) is 0. The molecule has 1 aromatic carbocycles. The third kappa shape index (κ3) is 2.35. The molecular weight excluding hydrogens is 246 g/mol. The molecule has 18 heavy (non-hydrogen) atoms. The molecule has 2 aromatic rings. The van der Waals surface area contributed by atoms with Gasteiger partial charge in [0.05, 0.1) is 0 Å². The zero-order chi connectivity index (χ0) is 12.4. The van der Waals surface area contributed by atoms with E-state index >= 15 is 0 Å². The van der Waals surface area contributed by atoms with Crippen LogP contribution in [0.2, 0.25) is 0 Å². The van der Waals surface area contributed by atoms with Crippen molar-refractivity contribution in [3.63, 3.8) is 0 Å². The fourth-order valence-corrected chi connectivity index (χ4v) is 2.72. The van der Waals surface area contributed by atoms with Gasteiger partial charge in [0, 0.05) is 17.5 Å². The number of thiophene rings is 1. The second kappa shape index (κ2) is 5.00. The smallest absolute Gasteiger partial charge is 0.231 e. The number of benzene rings is 1. The van der Waals surface area contributed by atoms with Crippen LogP contribution in [0.4, 0.5) is 0 Å². The van der Waals surface area contributed by atoms with Gasteiger partial charge in [-0.15, -0.1) is 11.3 Å². The monoisotopic (exact) mass is 261 g/mol. The van der Waals surface area contributed by atoms with Crippen LogP contribution in [-0.2, 0) is 6.54 Å². The minimum Gasteiger partial charge on any atom is -0.454 e. The van der Waals surface area contributed by atoms with Gasteiger partial charge in [0.1, 0.15) is 0 Å². The van der Waals surface area contributed by atoms with Gasteiger partial charge in [0.15, 0.2) is 11.5 Å². The highest BCUT2D eigenvalue weighted by molar-refractivity contribution is 7.10. The van der Waals surface area contributed by atoms with Gasteiger partial charge < -0.3 is 14.8 Å². The Kier molecular flexibility index (Phi) is 3.21. The van der Waals surface area contributed by atoms with Crippen molar-refractivity contribution in [3.8, 4) is 11.5 Å². The molecule has 1 N–H and O–H groups in total. The molecule has 0 spiro atoms. The molecule has 0 radical (unpaired) electrons. The van der Waals surface area contributed by atoms with Crippen LogP contribution in [0.15, 0.2) is 35.7 Å². The number of fused-ring (bicyclic) bond motifs is 1. The molecule has 2 heterocycles. The van der Waals surface area contributed by atoms with Crippen LogP contribution in [0.5, 0.6) is 11.5 Å². The maximum Gasteiger partial charge on any atom is 0.231 e. The first-order valence-electron chi connectivity index (χ1n) is 5.98. The Morgan fingerprint density at radius 1 is 1.28 bits per heavy atom. The van der Waals surface area contributed by atoms with Crippen LogP contribution >= 0.6 is 11.3 Å². The van der Waals surface area contributed by atoms with Gasteiger partial charge in [0.25, 0.3) is 0 Å². The van der Waals surface area contributed by atoms with Crippen molar-refractivity contribution in [2.24, 2.45) is 0 Å². The van der Waals surface area contributed by atoms with Gasteiger partial charge in [0.2, 0.25) is 6.79 Å². The minimum absolute atomic E-state index is 0.331. The van der Waals surface area contributed by atoms with Gasteiger partial charge in [-0.3, -0.25) is 0 Å². The molecule has 0 saturated carbocycles. The topological polar surface area (TPSA) is 30.5 Å². The van der Waals surface area contributed by atoms with E-state index in [0.717, 1.165) is 18.0 Å². The Hall–Kier alpha value is -1.52. The molecule has 0 fully saturated rings. The highest BCUT2D eigenvalue weighted by Gasteiger charge is 2.13. The number of hydrogen-bond donors (Lipinski definition) is 1. The summed E-state index contributed by atoms with van der Waals surface area (Å²) >= 11 is 1.78. The molecular formula is C14H15NO2S. The van der Waals surface area contributed by atoms with E-state index in [2.05, 4.69) is 35.8 Å². The van der Waals surface area contributed by atoms with Gasteiger partial charge in [-0.2, -0.15) is 0 Å². The minimum atomic E-state index is 0.331. The largest absolute Gasteiger partial charge is 0.454 e. The fraction of sp³-hybridized carbons (Fsp3) is 0.286. The molecule has 0 saturated heterocycles. The summed E-state index contributed by atoms with van der Waals surface area (Å²) in [6.45, 7) is 3.34. The molecule has 0 aliphatic carbocycles. The van der Waals surface area contributed by atoms with E-state index in [1.54, 1.807) is 11.3 Å². The molecule has 1 atom stereocenters. The third-order valence-corrected chi connectivity index (χ3v) is 4.07. The average Bonchev–Trinajstić information content (AvgIpc) is 3.05. The average molecular weight is 261 g/mol. The van der Waals surface area contributed by atoms with Crippen LogP contribution in [0.1, 0.15) is 23.4 Å². The SMILES string of the molecule is C[C@@H](NCc1ccc2c(c1)OCO2)c1cccs1. The van der Waals surface area contributed by atoms with Crippen molar-refractivity contribution in [1.82, 2.24) is 5.32 Å². The quantitative estimate of drug-likeness (QED) is 0.915. The van der Waals surface area contributed by atoms with Crippen LogP contribution in [0.25, 0.3) is 0 Å². The molecule has 0 amide bonds. The number of rotatable bonds is 4. The van der Waals surface area contributed by atoms with Crippen molar-refractivity contribution in [2.45, 2.75) is 19.5 Å². The Morgan fingerprint density at radius 3 is 3.00 bits per heavy atom. The van der Waals surface area contributed by atoms with Crippen molar-refractivity contribution < 1.29 is 9.47 Å². The maximum atomic E-state index is 5.37. The normalized spacial score (nSPS) is 14.7. The van der Waals surface area contributed by atoms with Gasteiger partial charge in [-0.1, -0.05) is 12.1 Å². The van der Waals surface area contributed by atoms with Crippen LogP contribution in [-0.4, -0.2) is 6.79 Å². The lowest BCUT2D eigenvalue weighted by Gasteiger charge is -2.12. The van der Waals surface area contributed by atoms with E-state index in [1.807, 2.05) is 12.1 Å². The number of hydrogen-bond acceptors (Lipinski definition) is 4. The van der Waals surface area contributed by atoms with E-state index in [0.29, 0.717) is 12.8 Å². The second-order valence-corrected chi connectivity index (χ2v) is 5.28. The van der Waals surface area contributed by atoms with Gasteiger partial charge in [-0.25, -0.2) is 0 Å². The lowest BCUT2D eigenvalue weighted by molar-refractivity contribution is 0.174. The predicted octanol–water partition coefficient (Wildman–Crippen LogP) is 3.33. The third-order valence-electron chi connectivity index (χ3n) is 3.02. The standard InChI is InChI=1S/C14H15NO2S/c1-10(14-3-2-6-18-14)15-8-11-4-5-12-13(7-11)17-9-16-12/h2-7,10,15H,8-9H2,1H3/t10-/m1/s1. The zero-order valence-corrected chi connectivity index (χ0v) is 11.0. The maximum absolute atomic E-state index is 5.37. The lowest BCUT2D eigenvalue weighted by Crippen LogP contribution is -2.17. The number of nitrogens with one attached hydrogen (secondary N) is 1. The van der Waals surface area contributed by atoms with E-state index in [1.165, 1.54) is 10.4 Å². The molecule has 94 valence electrons. The highest BCUT2D eigenvalue weighted by atomic mass is 32.1. The summed E-state index contributed by atoms with van der Waals surface area (Å²) in [5, 5.41) is 5.61. The first-order valence-corrected chi connectivity index (χ1v) is 6.86. The summed E-state index contributed by atoms with van der Waals surface area (Å²) in [6, 6.07) is 10.7. The van der Waals surface area contributed by atoms with Crippen molar-refractivity contribution in [1.29, 1.82) is 0 Å². The first-order chi connectivity index (χ1) is 8.83. The molecule has 0 bridgehead atoms. The first kappa shape index (κ1) is 11.6. The van der Waals surface area contributed by atoms with Gasteiger partial charge >= 0.3 is 0 Å². The zero-order valence-electron chi connectivity index (χ0n) is 10.2. The molecule has 4 heteroatoms. The molecule has 3 nitrogen and oxygen atoms in total. The van der Waals surface area contributed by atoms with Gasteiger partial charge in [-0.05, 0) is 36.1 Å². The molecule has 1 aliphatic rings. The summed E-state index contributed by atoms with van der Waals surface area (Å²) in [6.07, 6.45) is 0. The molecule has 1 aliphatic heterocycles. The Bertz CT molecular complexity index is 525. The van der Waals surface area contributed by atoms with Crippen LogP contribution in [0.3, 0.4) is 0 Å². The van der Waals surface area contributed by atoms with E-state index in [9.17, 15) is 0 Å². The van der Waals surface area contributed by atoms with E-state index < -0.39 is 0 Å². The van der Waals surface area contributed by atoms with Crippen LogP contribution in [0, 0.1) is 0 Å². The summed E-state index contributed by atoms with van der Waals surface area (Å²) in [5.41, 5.74) is 1.21. The molecule has 1 aromatic heterocycles. The second-order valence-electron chi connectivity index (χ2n) is 4.31. The molecule has 0 unspecified atom stereocenters. The Labute approximate surface area is 110 Å². The Balaban J connectivity index is 1.63. The summed E-state index contributed by atoms with van der Waals surface area (Å²) in [4.78, 5) is 1.36. The molecule has 3 rings (SSSR count). The van der Waals surface area contributed by atoms with Crippen molar-refractivity contribution in [3.05, 3.63) is 46.2 Å². The lowest BCUT2D eigenvalue weighted by atomic mass is 10.2. The highest BCUT2D eigenvalue weighted by Crippen LogP contribution is 2.32.